The number of nitrogens with zero attached hydrogens (tertiary/aromatic N) is 1. The number of hydroxylamine groups is 1. The molecule has 1 aromatic rings. The van der Waals surface area contributed by atoms with Crippen LogP contribution in [0.2, 0.25) is 0 Å². The summed E-state index contributed by atoms with van der Waals surface area (Å²) in [7, 11) is 0. The second-order valence-electron chi connectivity index (χ2n) is 3.24. The van der Waals surface area contributed by atoms with Crippen LogP contribution in [-0.4, -0.2) is 23.3 Å². The molecule has 100 valence electrons. The third kappa shape index (κ3) is 5.32. The molecule has 0 spiro atoms. The molecule has 0 aliphatic rings. The molecule has 1 amide bonds. The molecule has 0 saturated heterocycles. The van der Waals surface area contributed by atoms with E-state index in [9.17, 15) is 22.8 Å². The Morgan fingerprint density at radius 2 is 2.11 bits per heavy atom. The summed E-state index contributed by atoms with van der Waals surface area (Å²) in [4.78, 5) is 26.4. The topological polar surface area (TPSA) is 60.3 Å². The second kappa shape index (κ2) is 6.01. The summed E-state index contributed by atoms with van der Waals surface area (Å²) in [5, 5.41) is 0. The molecular weight excluding hydrogens is 321 g/mol. The molecule has 0 atom stereocenters. The highest BCUT2D eigenvalue weighted by Gasteiger charge is 2.28. The van der Waals surface area contributed by atoms with Gasteiger partial charge in [0.05, 0.1) is 0 Å². The Balaban J connectivity index is 2.50. The van der Waals surface area contributed by atoms with Gasteiger partial charge in [0.2, 0.25) is 0 Å². The van der Waals surface area contributed by atoms with Gasteiger partial charge in [-0.3, -0.25) is 14.4 Å². The van der Waals surface area contributed by atoms with Gasteiger partial charge in [-0.1, -0.05) is 0 Å². The molecule has 0 radical (unpaired) electrons. The zero-order valence-corrected chi connectivity index (χ0v) is 10.4. The Labute approximate surface area is 108 Å². The molecule has 0 aliphatic carbocycles. The lowest BCUT2D eigenvalue weighted by atomic mass is 10.4. The van der Waals surface area contributed by atoms with E-state index in [-0.39, 0.29) is 0 Å². The van der Waals surface area contributed by atoms with Crippen molar-refractivity contribution >= 4 is 21.8 Å². The summed E-state index contributed by atoms with van der Waals surface area (Å²) in [5.41, 5.74) is 1.15. The van der Waals surface area contributed by atoms with Crippen molar-refractivity contribution in [3.8, 4) is 0 Å². The van der Waals surface area contributed by atoms with E-state index in [0.29, 0.717) is 4.47 Å². The number of hydrogen-bond acceptors (Lipinski definition) is 3. The van der Waals surface area contributed by atoms with Gasteiger partial charge in [0, 0.05) is 16.7 Å². The number of pyridine rings is 1. The Hall–Kier alpha value is -1.35. The maximum Gasteiger partial charge on any atom is 0.414 e. The van der Waals surface area contributed by atoms with E-state index >= 15 is 0 Å². The lowest BCUT2D eigenvalue weighted by Crippen LogP contribution is -2.34. The van der Waals surface area contributed by atoms with Crippen molar-refractivity contribution in [2.75, 3.05) is 6.61 Å². The van der Waals surface area contributed by atoms with Crippen LogP contribution in [0.4, 0.5) is 13.2 Å². The van der Waals surface area contributed by atoms with Crippen molar-refractivity contribution < 1.29 is 22.8 Å². The first-order valence-electron chi connectivity index (χ1n) is 4.61. The fourth-order valence-electron chi connectivity index (χ4n) is 1.01. The normalized spacial score (nSPS) is 11.3. The maximum absolute atomic E-state index is 11.7. The van der Waals surface area contributed by atoms with E-state index in [1.807, 2.05) is 0 Å². The SMILES string of the molecule is O=C(Cn1cc(Br)ccc1=O)NOCC(F)(F)F. The van der Waals surface area contributed by atoms with Gasteiger partial charge in [-0.15, -0.1) is 0 Å². The fourth-order valence-corrected chi connectivity index (χ4v) is 1.39. The van der Waals surface area contributed by atoms with Gasteiger partial charge in [-0.2, -0.15) is 13.2 Å². The quantitative estimate of drug-likeness (QED) is 0.845. The molecule has 5 nitrogen and oxygen atoms in total. The molecule has 0 saturated carbocycles. The van der Waals surface area contributed by atoms with Crippen molar-refractivity contribution in [1.82, 2.24) is 10.0 Å². The Kier molecular flexibility index (Phi) is 4.91. The minimum absolute atomic E-state index is 0.434. The van der Waals surface area contributed by atoms with E-state index < -0.39 is 30.8 Å². The monoisotopic (exact) mass is 328 g/mol. The first-order valence-corrected chi connectivity index (χ1v) is 5.40. The summed E-state index contributed by atoms with van der Waals surface area (Å²) in [6.07, 6.45) is -3.19. The van der Waals surface area contributed by atoms with Gasteiger partial charge in [0.25, 0.3) is 11.5 Å². The van der Waals surface area contributed by atoms with Crippen molar-refractivity contribution in [1.29, 1.82) is 0 Å². The van der Waals surface area contributed by atoms with Crippen molar-refractivity contribution in [3.05, 3.63) is 33.2 Å². The van der Waals surface area contributed by atoms with Gasteiger partial charge in [-0.25, -0.2) is 5.48 Å². The highest BCUT2D eigenvalue weighted by molar-refractivity contribution is 9.10. The standard InChI is InChI=1S/C9H8BrF3N2O3/c10-6-1-2-8(17)15(3-6)4-7(16)14-18-5-9(11,12)13/h1-3H,4-5H2,(H,14,16). The fraction of sp³-hybridized carbons (Fsp3) is 0.333. The number of rotatable bonds is 4. The van der Waals surface area contributed by atoms with E-state index in [4.69, 9.17) is 0 Å². The van der Waals surface area contributed by atoms with Crippen molar-refractivity contribution in [2.45, 2.75) is 12.7 Å². The molecule has 18 heavy (non-hydrogen) atoms. The molecule has 9 heteroatoms. The molecule has 0 aromatic carbocycles. The van der Waals surface area contributed by atoms with Gasteiger partial charge in [-0.05, 0) is 22.0 Å². The van der Waals surface area contributed by atoms with Gasteiger partial charge < -0.3 is 4.57 Å². The predicted molar refractivity (Wildman–Crippen MR) is 58.6 cm³/mol. The zero-order chi connectivity index (χ0) is 13.8. The molecule has 1 aromatic heterocycles. The molecule has 0 bridgehead atoms. The maximum atomic E-state index is 11.7. The van der Waals surface area contributed by atoms with Crippen molar-refractivity contribution in [3.63, 3.8) is 0 Å². The van der Waals surface area contributed by atoms with Crippen molar-refractivity contribution in [2.24, 2.45) is 0 Å². The number of nitrogens with one attached hydrogen (secondary N) is 1. The molecule has 1 heterocycles. The third-order valence-electron chi connectivity index (χ3n) is 1.68. The minimum Gasteiger partial charge on any atom is -0.305 e. The zero-order valence-electron chi connectivity index (χ0n) is 8.83. The van der Waals surface area contributed by atoms with Crippen LogP contribution >= 0.6 is 15.9 Å². The Morgan fingerprint density at radius 3 is 2.72 bits per heavy atom. The molecule has 0 unspecified atom stereocenters. The summed E-state index contributed by atoms with van der Waals surface area (Å²) < 4.78 is 36.7. The smallest absolute Gasteiger partial charge is 0.305 e. The van der Waals surface area contributed by atoms with Gasteiger partial charge in [0.1, 0.15) is 6.54 Å². The van der Waals surface area contributed by atoms with Gasteiger partial charge >= 0.3 is 6.18 Å². The summed E-state index contributed by atoms with van der Waals surface area (Å²) in [6, 6.07) is 2.70. The molecule has 1 N–H and O–H groups in total. The predicted octanol–water partition coefficient (Wildman–Crippen LogP) is 1.22. The number of alkyl halides is 3. The third-order valence-corrected chi connectivity index (χ3v) is 2.15. The highest BCUT2D eigenvalue weighted by atomic mass is 79.9. The van der Waals surface area contributed by atoms with Crippen LogP contribution < -0.4 is 11.0 Å². The number of carbonyl (C=O) groups is 1. The van der Waals surface area contributed by atoms with E-state index in [0.717, 1.165) is 4.57 Å². The first-order chi connectivity index (χ1) is 8.28. The number of carbonyl (C=O) groups excluding carboxylic acids is 1. The minimum atomic E-state index is -4.53. The van der Waals surface area contributed by atoms with Crippen LogP contribution in [0.1, 0.15) is 0 Å². The number of halogens is 4. The lowest BCUT2D eigenvalue weighted by molar-refractivity contribution is -0.191. The highest BCUT2D eigenvalue weighted by Crippen LogP contribution is 2.13. The second-order valence-corrected chi connectivity index (χ2v) is 4.16. The molecule has 0 aliphatic heterocycles. The first kappa shape index (κ1) is 14.7. The van der Waals surface area contributed by atoms with Crippen LogP contribution in [0.15, 0.2) is 27.6 Å². The molecular formula is C9H8BrF3N2O3. The van der Waals surface area contributed by atoms with E-state index in [1.165, 1.54) is 18.3 Å². The van der Waals surface area contributed by atoms with E-state index in [2.05, 4.69) is 20.8 Å². The van der Waals surface area contributed by atoms with Crippen LogP contribution in [0.25, 0.3) is 0 Å². The largest absolute Gasteiger partial charge is 0.414 e. The van der Waals surface area contributed by atoms with E-state index in [1.54, 1.807) is 5.48 Å². The van der Waals surface area contributed by atoms with Gasteiger partial charge in [0.15, 0.2) is 6.61 Å². The Morgan fingerprint density at radius 1 is 1.44 bits per heavy atom. The average molecular weight is 329 g/mol. The molecule has 1 rings (SSSR count). The summed E-state index contributed by atoms with van der Waals surface area (Å²) in [6.45, 7) is -2.03. The number of amides is 1. The lowest BCUT2D eigenvalue weighted by Gasteiger charge is -2.09. The number of hydrogen-bond donors (Lipinski definition) is 1. The van der Waals surface area contributed by atoms with Crippen LogP contribution in [0.5, 0.6) is 0 Å². The Bertz CT molecular complexity index is 487. The average Bonchev–Trinajstić information content (AvgIpc) is 2.21. The molecule has 0 fully saturated rings. The number of aromatic nitrogens is 1. The summed E-state index contributed by atoms with van der Waals surface area (Å²) in [5.74, 6) is -0.862. The summed E-state index contributed by atoms with van der Waals surface area (Å²) >= 11 is 3.09. The van der Waals surface area contributed by atoms with Crippen LogP contribution in [-0.2, 0) is 16.2 Å². The van der Waals surface area contributed by atoms with Crippen LogP contribution in [0.3, 0.4) is 0 Å². The van der Waals surface area contributed by atoms with Crippen LogP contribution in [0, 0.1) is 0 Å².